The van der Waals surface area contributed by atoms with Gasteiger partial charge >= 0.3 is 0 Å². The molecule has 1 fully saturated rings. The van der Waals surface area contributed by atoms with E-state index < -0.39 is 0 Å². The van der Waals surface area contributed by atoms with Gasteiger partial charge in [0.05, 0.1) is 27.8 Å². The lowest BCUT2D eigenvalue weighted by atomic mass is 10.1. The van der Waals surface area contributed by atoms with Crippen LogP contribution in [0.1, 0.15) is 22.3 Å². The van der Waals surface area contributed by atoms with Gasteiger partial charge in [-0.05, 0) is 37.6 Å². The number of nitrogens with zero attached hydrogens (tertiary/aromatic N) is 3. The van der Waals surface area contributed by atoms with Crippen LogP contribution in [-0.2, 0) is 0 Å². The van der Waals surface area contributed by atoms with Crippen molar-refractivity contribution in [1.29, 1.82) is 0 Å². The maximum absolute atomic E-state index is 12.8. The smallest absolute Gasteiger partial charge is 0.255 e. The van der Waals surface area contributed by atoms with Gasteiger partial charge in [-0.1, -0.05) is 35.4 Å². The number of fused-ring (bicyclic) bond motifs is 1. The predicted octanol–water partition coefficient (Wildman–Crippen LogP) is 3.92. The number of carbonyl (C=O) groups is 1. The van der Waals surface area contributed by atoms with Crippen molar-refractivity contribution >= 4 is 34.4 Å². The molecule has 0 spiro atoms. The fourth-order valence-electron chi connectivity index (χ4n) is 3.27. The fraction of sp³-hybridized carbons (Fsp3) is 0.250. The number of hydrogen-bond donors (Lipinski definition) is 1. The summed E-state index contributed by atoms with van der Waals surface area (Å²) in [5.74, 6) is 0.712. The first kappa shape index (κ1) is 16.8. The Morgan fingerprint density at radius 2 is 2.04 bits per heavy atom. The normalized spacial score (nSPS) is 16.8. The van der Waals surface area contributed by atoms with Crippen molar-refractivity contribution in [1.82, 2.24) is 14.9 Å². The second-order valence-corrected chi connectivity index (χ2v) is 7.02. The molecule has 26 heavy (non-hydrogen) atoms. The molecule has 132 valence electrons. The molecule has 1 aliphatic heterocycles. The standard InChI is InChI=1S/C20H19ClN4O/c1-13-6-7-16(21)15(10-13)20(26)25-9-8-14(12-25)23-19-11-22-17-4-2-3-5-18(17)24-19/h2-7,10-11,14H,8-9,12H2,1H3,(H,23,24)/t14-/m1/s1. The second kappa shape index (κ2) is 6.92. The largest absolute Gasteiger partial charge is 0.364 e. The van der Waals surface area contributed by atoms with Crippen molar-refractivity contribution < 1.29 is 4.79 Å². The zero-order chi connectivity index (χ0) is 18.1. The first-order valence-electron chi connectivity index (χ1n) is 8.64. The van der Waals surface area contributed by atoms with Gasteiger partial charge < -0.3 is 10.2 Å². The Morgan fingerprint density at radius 3 is 2.88 bits per heavy atom. The molecule has 6 heteroatoms. The van der Waals surface area contributed by atoms with Crippen LogP contribution >= 0.6 is 11.6 Å². The van der Waals surface area contributed by atoms with E-state index in [1.54, 1.807) is 12.3 Å². The van der Waals surface area contributed by atoms with Crippen molar-refractivity contribution in [3.8, 4) is 0 Å². The van der Waals surface area contributed by atoms with Crippen LogP contribution in [0.25, 0.3) is 11.0 Å². The van der Waals surface area contributed by atoms with E-state index in [2.05, 4.69) is 15.3 Å². The van der Waals surface area contributed by atoms with Gasteiger partial charge in [-0.2, -0.15) is 0 Å². The Hall–Kier alpha value is -2.66. The van der Waals surface area contributed by atoms with Crippen molar-refractivity contribution in [2.45, 2.75) is 19.4 Å². The molecule has 1 N–H and O–H groups in total. The number of hydrogen-bond acceptors (Lipinski definition) is 4. The number of aromatic nitrogens is 2. The average molecular weight is 367 g/mol. The minimum Gasteiger partial charge on any atom is -0.364 e. The van der Waals surface area contributed by atoms with Gasteiger partial charge in [0.2, 0.25) is 0 Å². The molecule has 0 radical (unpaired) electrons. The molecule has 4 rings (SSSR count). The molecule has 1 amide bonds. The minimum absolute atomic E-state index is 0.0207. The lowest BCUT2D eigenvalue weighted by Gasteiger charge is -2.18. The molecule has 1 saturated heterocycles. The summed E-state index contributed by atoms with van der Waals surface area (Å²) in [5.41, 5.74) is 3.32. The third kappa shape index (κ3) is 3.35. The molecule has 0 aliphatic carbocycles. The van der Waals surface area contributed by atoms with Crippen LogP contribution in [0.15, 0.2) is 48.7 Å². The molecule has 0 saturated carbocycles. The molecular formula is C20H19ClN4O. The average Bonchev–Trinajstić information content (AvgIpc) is 3.11. The van der Waals surface area contributed by atoms with Crippen molar-refractivity contribution in [2.24, 2.45) is 0 Å². The van der Waals surface area contributed by atoms with Crippen LogP contribution in [0.3, 0.4) is 0 Å². The summed E-state index contributed by atoms with van der Waals surface area (Å²) in [6, 6.07) is 13.5. The fourth-order valence-corrected chi connectivity index (χ4v) is 3.47. The number of amides is 1. The highest BCUT2D eigenvalue weighted by Crippen LogP contribution is 2.23. The van der Waals surface area contributed by atoms with Crippen molar-refractivity contribution in [3.05, 3.63) is 64.8 Å². The highest BCUT2D eigenvalue weighted by Gasteiger charge is 2.28. The zero-order valence-electron chi connectivity index (χ0n) is 14.4. The molecule has 1 aromatic heterocycles. The van der Waals surface area contributed by atoms with Gasteiger partial charge in [0, 0.05) is 19.1 Å². The third-order valence-corrected chi connectivity index (χ3v) is 4.96. The van der Waals surface area contributed by atoms with E-state index in [0.717, 1.165) is 28.8 Å². The topological polar surface area (TPSA) is 58.1 Å². The number of likely N-dealkylation sites (tertiary alicyclic amines) is 1. The van der Waals surface area contributed by atoms with Gasteiger partial charge in [0.15, 0.2) is 0 Å². The van der Waals surface area contributed by atoms with Crippen LogP contribution in [0.4, 0.5) is 5.82 Å². The summed E-state index contributed by atoms with van der Waals surface area (Å²) in [4.78, 5) is 23.6. The molecule has 2 aromatic carbocycles. The lowest BCUT2D eigenvalue weighted by molar-refractivity contribution is 0.0791. The van der Waals surface area contributed by atoms with Crippen molar-refractivity contribution in [2.75, 3.05) is 18.4 Å². The molecule has 0 bridgehead atoms. The van der Waals surface area contributed by atoms with Gasteiger partial charge in [-0.3, -0.25) is 9.78 Å². The summed E-state index contributed by atoms with van der Waals surface area (Å²) in [6.45, 7) is 3.28. The first-order chi connectivity index (χ1) is 12.6. The number of rotatable bonds is 3. The maximum Gasteiger partial charge on any atom is 0.255 e. The van der Waals surface area contributed by atoms with Gasteiger partial charge in [-0.15, -0.1) is 0 Å². The van der Waals surface area contributed by atoms with E-state index in [9.17, 15) is 4.79 Å². The SMILES string of the molecule is Cc1ccc(Cl)c(C(=O)N2CC[C@@H](Nc3cnc4ccccc4n3)C2)c1. The number of para-hydroxylation sites is 2. The molecule has 0 unspecified atom stereocenters. The Morgan fingerprint density at radius 1 is 1.23 bits per heavy atom. The Bertz CT molecular complexity index is 975. The number of halogens is 1. The third-order valence-electron chi connectivity index (χ3n) is 4.63. The number of carbonyl (C=O) groups excluding carboxylic acids is 1. The van der Waals surface area contributed by atoms with Crippen molar-refractivity contribution in [3.63, 3.8) is 0 Å². The molecule has 2 heterocycles. The second-order valence-electron chi connectivity index (χ2n) is 6.61. The summed E-state index contributed by atoms with van der Waals surface area (Å²) in [6.07, 6.45) is 2.61. The zero-order valence-corrected chi connectivity index (χ0v) is 15.2. The van der Waals surface area contributed by atoms with E-state index in [1.807, 2.05) is 48.2 Å². The van der Waals surface area contributed by atoms with Crippen LogP contribution in [0.2, 0.25) is 5.02 Å². The number of benzene rings is 2. The summed E-state index contributed by atoms with van der Waals surface area (Å²) in [7, 11) is 0. The van der Waals surface area contributed by atoms with Gasteiger partial charge in [0.1, 0.15) is 5.82 Å². The Labute approximate surface area is 157 Å². The highest BCUT2D eigenvalue weighted by molar-refractivity contribution is 6.33. The molecule has 1 atom stereocenters. The van der Waals surface area contributed by atoms with Crippen LogP contribution in [-0.4, -0.2) is 39.9 Å². The monoisotopic (exact) mass is 366 g/mol. The van der Waals surface area contributed by atoms with Crippen LogP contribution in [0.5, 0.6) is 0 Å². The van der Waals surface area contributed by atoms with E-state index in [4.69, 9.17) is 11.6 Å². The number of anilines is 1. The van der Waals surface area contributed by atoms with E-state index >= 15 is 0 Å². The summed E-state index contributed by atoms with van der Waals surface area (Å²) < 4.78 is 0. The maximum atomic E-state index is 12.8. The lowest BCUT2D eigenvalue weighted by Crippen LogP contribution is -2.32. The summed E-state index contributed by atoms with van der Waals surface area (Å²) in [5, 5.41) is 3.89. The van der Waals surface area contributed by atoms with Gasteiger partial charge in [0.25, 0.3) is 5.91 Å². The molecule has 5 nitrogen and oxygen atoms in total. The molecule has 3 aromatic rings. The van der Waals surface area contributed by atoms with E-state index in [0.29, 0.717) is 23.7 Å². The summed E-state index contributed by atoms with van der Waals surface area (Å²) >= 11 is 6.21. The van der Waals surface area contributed by atoms with E-state index in [1.165, 1.54) is 0 Å². The predicted molar refractivity (Wildman–Crippen MR) is 104 cm³/mol. The molecule has 1 aliphatic rings. The Kier molecular flexibility index (Phi) is 4.47. The molecular weight excluding hydrogens is 348 g/mol. The van der Waals surface area contributed by atoms with Crippen LogP contribution < -0.4 is 5.32 Å². The minimum atomic E-state index is -0.0207. The van der Waals surface area contributed by atoms with Gasteiger partial charge in [-0.25, -0.2) is 4.98 Å². The first-order valence-corrected chi connectivity index (χ1v) is 9.02. The van der Waals surface area contributed by atoms with E-state index in [-0.39, 0.29) is 11.9 Å². The highest BCUT2D eigenvalue weighted by atomic mass is 35.5. The number of aryl methyl sites for hydroxylation is 1. The van der Waals surface area contributed by atoms with Crippen LogP contribution in [0, 0.1) is 6.92 Å². The Balaban J connectivity index is 1.46. The number of nitrogens with one attached hydrogen (secondary N) is 1. The quantitative estimate of drug-likeness (QED) is 0.763.